The predicted molar refractivity (Wildman–Crippen MR) is 129 cm³/mol. The summed E-state index contributed by atoms with van der Waals surface area (Å²) in [5, 5.41) is 0. The van der Waals surface area contributed by atoms with Crippen LogP contribution in [0.2, 0.25) is 0 Å². The highest BCUT2D eigenvalue weighted by atomic mass is 16.5. The first kappa shape index (κ1) is 24.0. The Kier molecular flexibility index (Phi) is 6.69. The van der Waals surface area contributed by atoms with Gasteiger partial charge >= 0.3 is 5.97 Å². The van der Waals surface area contributed by atoms with E-state index < -0.39 is 0 Å². The number of esters is 1. The van der Waals surface area contributed by atoms with Gasteiger partial charge in [0.05, 0.1) is 0 Å². The summed E-state index contributed by atoms with van der Waals surface area (Å²) in [4.78, 5) is 25.1. The molecule has 0 saturated heterocycles. The molecule has 0 aromatic heterocycles. The SMILES string of the molecule is CC(=O)O[C@@H]1CC[C@@]2(C)C(=CC(=O)C3[C@@H]2CC[C@]2(C)C(C(C)CCCC(C)C)CC[C@@H]32)C1. The number of allylic oxidation sites excluding steroid dienone is 1. The van der Waals surface area contributed by atoms with E-state index in [1.807, 2.05) is 6.08 Å². The van der Waals surface area contributed by atoms with E-state index in [-0.39, 0.29) is 23.4 Å². The Morgan fingerprint density at radius 2 is 1.81 bits per heavy atom. The first-order valence-corrected chi connectivity index (χ1v) is 13.5. The van der Waals surface area contributed by atoms with Gasteiger partial charge in [-0.15, -0.1) is 0 Å². The fourth-order valence-electron chi connectivity index (χ4n) is 8.73. The van der Waals surface area contributed by atoms with Crippen LogP contribution in [0.5, 0.6) is 0 Å². The third-order valence-electron chi connectivity index (χ3n) is 10.4. The molecule has 0 aromatic rings. The molecule has 8 atom stereocenters. The van der Waals surface area contributed by atoms with Crippen molar-refractivity contribution in [3.05, 3.63) is 11.6 Å². The van der Waals surface area contributed by atoms with Gasteiger partial charge in [0.15, 0.2) is 5.78 Å². The van der Waals surface area contributed by atoms with Crippen LogP contribution in [0, 0.1) is 46.3 Å². The summed E-state index contributed by atoms with van der Waals surface area (Å²) in [5.41, 5.74) is 1.70. The van der Waals surface area contributed by atoms with Crippen molar-refractivity contribution in [2.75, 3.05) is 0 Å². The Bertz CT molecular complexity index is 766. The van der Waals surface area contributed by atoms with E-state index in [9.17, 15) is 9.59 Å². The summed E-state index contributed by atoms with van der Waals surface area (Å²) in [6.45, 7) is 13.6. The molecule has 32 heavy (non-hydrogen) atoms. The molecule has 3 saturated carbocycles. The first-order chi connectivity index (χ1) is 15.1. The molecule has 3 fully saturated rings. The van der Waals surface area contributed by atoms with Crippen molar-refractivity contribution in [1.29, 1.82) is 0 Å². The molecule has 4 rings (SSSR count). The largest absolute Gasteiger partial charge is 0.462 e. The second-order valence-electron chi connectivity index (χ2n) is 12.7. The van der Waals surface area contributed by atoms with Gasteiger partial charge in [0.25, 0.3) is 0 Å². The van der Waals surface area contributed by atoms with Gasteiger partial charge in [-0.3, -0.25) is 9.59 Å². The molecule has 4 aliphatic carbocycles. The Labute approximate surface area is 196 Å². The Morgan fingerprint density at radius 3 is 2.50 bits per heavy atom. The molecule has 0 aromatic carbocycles. The lowest BCUT2D eigenvalue weighted by Crippen LogP contribution is -2.53. The maximum absolute atomic E-state index is 13.6. The van der Waals surface area contributed by atoms with Gasteiger partial charge in [0.2, 0.25) is 0 Å². The van der Waals surface area contributed by atoms with Crippen LogP contribution in [-0.4, -0.2) is 17.9 Å². The summed E-state index contributed by atoms with van der Waals surface area (Å²) >= 11 is 0. The number of fused-ring (bicyclic) bond motifs is 5. The summed E-state index contributed by atoms with van der Waals surface area (Å²) in [6.07, 6.45) is 13.7. The molecule has 0 aliphatic heterocycles. The van der Waals surface area contributed by atoms with Gasteiger partial charge in [-0.2, -0.15) is 0 Å². The molecule has 0 bridgehead atoms. The van der Waals surface area contributed by atoms with Gasteiger partial charge in [0, 0.05) is 19.3 Å². The molecule has 3 heteroatoms. The first-order valence-electron chi connectivity index (χ1n) is 13.5. The van der Waals surface area contributed by atoms with E-state index >= 15 is 0 Å². The lowest BCUT2D eigenvalue weighted by molar-refractivity contribution is -0.149. The minimum atomic E-state index is -0.202. The van der Waals surface area contributed by atoms with E-state index in [0.717, 1.165) is 37.0 Å². The molecule has 0 heterocycles. The minimum Gasteiger partial charge on any atom is -0.462 e. The highest BCUT2D eigenvalue weighted by molar-refractivity contribution is 5.94. The van der Waals surface area contributed by atoms with Gasteiger partial charge in [0.1, 0.15) is 6.10 Å². The van der Waals surface area contributed by atoms with Gasteiger partial charge in [-0.05, 0) is 85.0 Å². The number of carbonyl (C=O) groups is 2. The number of hydrogen-bond donors (Lipinski definition) is 0. The van der Waals surface area contributed by atoms with E-state index in [0.29, 0.717) is 23.0 Å². The average molecular weight is 443 g/mol. The monoisotopic (exact) mass is 442 g/mol. The zero-order chi connectivity index (χ0) is 23.3. The van der Waals surface area contributed by atoms with Crippen molar-refractivity contribution < 1.29 is 14.3 Å². The predicted octanol–water partition coefficient (Wildman–Crippen LogP) is 7.14. The quantitative estimate of drug-likeness (QED) is 0.411. The zero-order valence-electron chi connectivity index (χ0n) is 21.4. The minimum absolute atomic E-state index is 0.0485. The lowest BCUT2D eigenvalue weighted by Gasteiger charge is -2.57. The van der Waals surface area contributed by atoms with Crippen molar-refractivity contribution in [2.45, 2.75) is 112 Å². The van der Waals surface area contributed by atoms with Crippen molar-refractivity contribution in [3.8, 4) is 0 Å². The summed E-state index contributed by atoms with van der Waals surface area (Å²) < 4.78 is 5.54. The van der Waals surface area contributed by atoms with Crippen LogP contribution in [0.1, 0.15) is 106 Å². The summed E-state index contributed by atoms with van der Waals surface area (Å²) in [5.74, 6) is 3.74. The van der Waals surface area contributed by atoms with Crippen LogP contribution in [0.25, 0.3) is 0 Å². The topological polar surface area (TPSA) is 43.4 Å². The van der Waals surface area contributed by atoms with E-state index in [2.05, 4.69) is 34.6 Å². The van der Waals surface area contributed by atoms with Crippen molar-refractivity contribution in [1.82, 2.24) is 0 Å². The zero-order valence-corrected chi connectivity index (χ0v) is 21.4. The normalized spacial score (nSPS) is 42.0. The van der Waals surface area contributed by atoms with Crippen LogP contribution in [0.4, 0.5) is 0 Å². The number of rotatable bonds is 6. The second kappa shape index (κ2) is 8.91. The fraction of sp³-hybridized carbons (Fsp3) is 0.862. The molecule has 4 aliphatic rings. The molecule has 180 valence electrons. The number of ketones is 1. The molecule has 0 amide bonds. The van der Waals surface area contributed by atoms with Crippen molar-refractivity contribution >= 4 is 11.8 Å². The third-order valence-corrected chi connectivity index (χ3v) is 10.4. The molecule has 3 unspecified atom stereocenters. The molecular formula is C29H46O3. The van der Waals surface area contributed by atoms with Crippen LogP contribution in [0.15, 0.2) is 11.6 Å². The van der Waals surface area contributed by atoms with Gasteiger partial charge in [-0.25, -0.2) is 0 Å². The van der Waals surface area contributed by atoms with Crippen LogP contribution >= 0.6 is 0 Å². The smallest absolute Gasteiger partial charge is 0.302 e. The maximum atomic E-state index is 13.6. The Morgan fingerprint density at radius 1 is 1.06 bits per heavy atom. The number of ether oxygens (including phenoxy) is 1. The van der Waals surface area contributed by atoms with Gasteiger partial charge < -0.3 is 4.74 Å². The summed E-state index contributed by atoms with van der Waals surface area (Å²) in [6, 6.07) is 0. The van der Waals surface area contributed by atoms with Crippen LogP contribution in [0.3, 0.4) is 0 Å². The van der Waals surface area contributed by atoms with Crippen molar-refractivity contribution in [3.63, 3.8) is 0 Å². The number of carbonyl (C=O) groups excluding carboxylic acids is 2. The van der Waals surface area contributed by atoms with Crippen LogP contribution in [-0.2, 0) is 14.3 Å². The molecular weight excluding hydrogens is 396 g/mol. The van der Waals surface area contributed by atoms with E-state index in [4.69, 9.17) is 4.74 Å². The second-order valence-corrected chi connectivity index (χ2v) is 12.7. The average Bonchev–Trinajstić information content (AvgIpc) is 3.05. The lowest BCUT2D eigenvalue weighted by atomic mass is 9.46. The van der Waals surface area contributed by atoms with Crippen LogP contribution < -0.4 is 0 Å². The van der Waals surface area contributed by atoms with E-state index in [1.165, 1.54) is 57.4 Å². The molecule has 3 nitrogen and oxygen atoms in total. The Hall–Kier alpha value is -1.12. The molecule has 0 radical (unpaired) electrons. The van der Waals surface area contributed by atoms with E-state index in [1.54, 1.807) is 0 Å². The summed E-state index contributed by atoms with van der Waals surface area (Å²) in [7, 11) is 0. The molecule has 0 spiro atoms. The highest BCUT2D eigenvalue weighted by Gasteiger charge is 2.61. The van der Waals surface area contributed by atoms with Crippen molar-refractivity contribution in [2.24, 2.45) is 46.3 Å². The third kappa shape index (κ3) is 4.11. The van der Waals surface area contributed by atoms with Gasteiger partial charge in [-0.1, -0.05) is 59.5 Å². The standard InChI is InChI=1S/C29H46O3/c1-18(2)8-7-9-19(3)23-10-11-24-27-25(13-15-29(23,24)6)28(5)14-12-22(32-20(4)30)16-21(28)17-26(27)31/h17-19,22-25,27H,7-16H2,1-6H3/t19?,22-,23?,24+,25+,27?,28+,29-/m1/s1. The maximum Gasteiger partial charge on any atom is 0.302 e. The molecule has 0 N–H and O–H groups in total. The number of hydrogen-bond acceptors (Lipinski definition) is 3. The Balaban J connectivity index is 1.52. The highest BCUT2D eigenvalue weighted by Crippen LogP contribution is 2.66. The fourth-order valence-corrected chi connectivity index (χ4v) is 8.73.